The fraction of sp³-hybridized carbons (Fsp3) is 0.579. The van der Waals surface area contributed by atoms with Gasteiger partial charge in [0.15, 0.2) is 0 Å². The minimum atomic E-state index is -0.327. The zero-order valence-electron chi connectivity index (χ0n) is 14.5. The van der Waals surface area contributed by atoms with Gasteiger partial charge in [-0.15, -0.1) is 0 Å². The molecule has 136 valence electrons. The van der Waals surface area contributed by atoms with E-state index >= 15 is 0 Å². The molecular weight excluding hydrogens is 382 g/mol. The van der Waals surface area contributed by atoms with E-state index in [1.165, 1.54) is 0 Å². The maximum atomic E-state index is 12.6. The Labute approximate surface area is 157 Å². The number of carbonyl (C=O) groups is 2. The van der Waals surface area contributed by atoms with Gasteiger partial charge in [-0.1, -0.05) is 28.1 Å². The largest absolute Gasteiger partial charge is 0.369 e. The molecule has 0 aromatic heterocycles. The van der Waals surface area contributed by atoms with Gasteiger partial charge in [-0.25, -0.2) is 0 Å². The molecule has 1 saturated carbocycles. The molecular formula is C19H26BrN3O2. The number of nitrogens with zero attached hydrogens (tertiary/aromatic N) is 1. The van der Waals surface area contributed by atoms with Gasteiger partial charge in [0.25, 0.3) is 0 Å². The molecule has 1 aromatic rings. The number of nitrogens with one attached hydrogen (secondary N) is 1. The molecule has 3 N–H and O–H groups in total. The number of primary amides is 1. The lowest BCUT2D eigenvalue weighted by atomic mass is 9.95. The number of amides is 2. The van der Waals surface area contributed by atoms with Crippen molar-refractivity contribution in [3.05, 3.63) is 34.3 Å². The van der Waals surface area contributed by atoms with Gasteiger partial charge in [0.05, 0.1) is 11.3 Å². The normalized spacial score (nSPS) is 22.4. The summed E-state index contributed by atoms with van der Waals surface area (Å²) in [4.78, 5) is 26.2. The summed E-state index contributed by atoms with van der Waals surface area (Å²) in [7, 11) is 0. The molecule has 1 heterocycles. The number of piperidine rings is 1. The van der Waals surface area contributed by atoms with Crippen LogP contribution in [0.3, 0.4) is 0 Å². The second-order valence-electron chi connectivity index (χ2n) is 7.24. The zero-order chi connectivity index (χ0) is 17.9. The lowest BCUT2D eigenvalue weighted by Gasteiger charge is -2.31. The van der Waals surface area contributed by atoms with Crippen molar-refractivity contribution in [1.29, 1.82) is 0 Å². The van der Waals surface area contributed by atoms with Crippen LogP contribution >= 0.6 is 15.9 Å². The fourth-order valence-electron chi connectivity index (χ4n) is 3.72. The van der Waals surface area contributed by atoms with Crippen LogP contribution in [0.1, 0.15) is 37.7 Å². The molecule has 1 aliphatic heterocycles. The number of halogens is 1. The third-order valence-electron chi connectivity index (χ3n) is 5.41. The summed E-state index contributed by atoms with van der Waals surface area (Å²) >= 11 is 3.48. The fourth-order valence-corrected chi connectivity index (χ4v) is 4.12. The molecule has 6 heteroatoms. The van der Waals surface area contributed by atoms with E-state index in [2.05, 4.69) is 26.1 Å². The van der Waals surface area contributed by atoms with Gasteiger partial charge in [-0.05, 0) is 62.9 Å². The summed E-state index contributed by atoms with van der Waals surface area (Å²) in [5.74, 6) is -0.0726. The molecule has 1 aromatic carbocycles. The van der Waals surface area contributed by atoms with Crippen molar-refractivity contribution in [2.75, 3.05) is 26.2 Å². The predicted molar refractivity (Wildman–Crippen MR) is 101 cm³/mol. The number of carbonyl (C=O) groups excluding carboxylic acids is 2. The van der Waals surface area contributed by atoms with Crippen LogP contribution in [0.4, 0.5) is 0 Å². The van der Waals surface area contributed by atoms with Gasteiger partial charge in [-0.3, -0.25) is 9.59 Å². The summed E-state index contributed by atoms with van der Waals surface area (Å²) in [6.07, 6.45) is 4.65. The van der Waals surface area contributed by atoms with E-state index in [9.17, 15) is 9.59 Å². The molecule has 3 rings (SSSR count). The molecule has 1 atom stereocenters. The van der Waals surface area contributed by atoms with Gasteiger partial charge in [0, 0.05) is 17.6 Å². The van der Waals surface area contributed by atoms with Crippen molar-refractivity contribution in [3.63, 3.8) is 0 Å². The molecule has 2 fully saturated rings. The lowest BCUT2D eigenvalue weighted by molar-refractivity contribution is -0.124. The highest BCUT2D eigenvalue weighted by atomic mass is 79.9. The average molecular weight is 408 g/mol. The van der Waals surface area contributed by atoms with Crippen molar-refractivity contribution in [2.45, 2.75) is 37.5 Å². The zero-order valence-corrected chi connectivity index (χ0v) is 16.1. The van der Waals surface area contributed by atoms with Crippen molar-refractivity contribution in [2.24, 2.45) is 11.7 Å². The number of hydrogen-bond donors (Lipinski definition) is 2. The summed E-state index contributed by atoms with van der Waals surface area (Å²) in [5.41, 5.74) is 6.19. The Morgan fingerprint density at radius 1 is 1.36 bits per heavy atom. The van der Waals surface area contributed by atoms with Crippen molar-refractivity contribution in [1.82, 2.24) is 10.2 Å². The van der Waals surface area contributed by atoms with E-state index in [4.69, 9.17) is 5.73 Å². The van der Waals surface area contributed by atoms with E-state index in [-0.39, 0.29) is 23.1 Å². The Kier molecular flexibility index (Phi) is 5.79. The van der Waals surface area contributed by atoms with Gasteiger partial charge in [0.1, 0.15) is 0 Å². The van der Waals surface area contributed by atoms with Crippen LogP contribution in [0, 0.1) is 5.92 Å². The minimum Gasteiger partial charge on any atom is -0.369 e. The highest BCUT2D eigenvalue weighted by Gasteiger charge is 2.51. The Bertz CT molecular complexity index is 645. The molecule has 2 amide bonds. The molecule has 2 aliphatic rings. The van der Waals surface area contributed by atoms with Crippen LogP contribution in [-0.2, 0) is 15.0 Å². The average Bonchev–Trinajstić information content (AvgIpc) is 3.41. The first-order chi connectivity index (χ1) is 12.0. The van der Waals surface area contributed by atoms with Crippen molar-refractivity contribution in [3.8, 4) is 0 Å². The summed E-state index contributed by atoms with van der Waals surface area (Å²) < 4.78 is 1.01. The van der Waals surface area contributed by atoms with Crippen LogP contribution in [0.5, 0.6) is 0 Å². The highest BCUT2D eigenvalue weighted by molar-refractivity contribution is 9.10. The van der Waals surface area contributed by atoms with E-state index in [0.29, 0.717) is 6.54 Å². The van der Waals surface area contributed by atoms with Crippen LogP contribution in [0.2, 0.25) is 0 Å². The van der Waals surface area contributed by atoms with Gasteiger partial charge >= 0.3 is 0 Å². The molecule has 1 unspecified atom stereocenters. The summed E-state index contributed by atoms with van der Waals surface area (Å²) in [6, 6.07) is 8.05. The quantitative estimate of drug-likeness (QED) is 0.680. The van der Waals surface area contributed by atoms with E-state index in [0.717, 1.165) is 61.8 Å². The first kappa shape index (κ1) is 18.4. The molecule has 0 spiro atoms. The third-order valence-corrected chi connectivity index (χ3v) is 5.90. The summed E-state index contributed by atoms with van der Waals surface area (Å²) in [5, 5.41) is 3.10. The molecule has 0 bridgehead atoms. The molecule has 25 heavy (non-hydrogen) atoms. The lowest BCUT2D eigenvalue weighted by Crippen LogP contribution is -2.42. The Morgan fingerprint density at radius 3 is 2.84 bits per heavy atom. The van der Waals surface area contributed by atoms with E-state index < -0.39 is 0 Å². The summed E-state index contributed by atoms with van der Waals surface area (Å²) in [6.45, 7) is 3.34. The SMILES string of the molecule is NC(=O)C1CCCN(CCCNC(=O)C2(c3cccc(Br)c3)CC2)C1. The number of rotatable bonds is 7. The van der Waals surface area contributed by atoms with Crippen LogP contribution in [-0.4, -0.2) is 42.9 Å². The van der Waals surface area contributed by atoms with E-state index in [1.54, 1.807) is 0 Å². The number of nitrogens with two attached hydrogens (primary N) is 1. The predicted octanol–water partition coefficient (Wildman–Crippen LogP) is 2.18. The standard InChI is InChI=1S/C19H26BrN3O2/c20-16-6-1-5-15(12-16)19(7-8-19)18(25)22-9-3-11-23-10-2-4-14(13-23)17(21)24/h1,5-6,12,14H,2-4,7-11,13H2,(H2,21,24)(H,22,25). The second-order valence-corrected chi connectivity index (χ2v) is 8.16. The number of benzene rings is 1. The Morgan fingerprint density at radius 2 is 2.16 bits per heavy atom. The van der Waals surface area contributed by atoms with Gasteiger partial charge in [-0.2, -0.15) is 0 Å². The molecule has 1 aliphatic carbocycles. The van der Waals surface area contributed by atoms with Crippen molar-refractivity contribution < 1.29 is 9.59 Å². The molecule has 0 radical (unpaired) electrons. The first-order valence-electron chi connectivity index (χ1n) is 9.07. The smallest absolute Gasteiger partial charge is 0.230 e. The maximum absolute atomic E-state index is 12.6. The number of hydrogen-bond acceptors (Lipinski definition) is 3. The highest BCUT2D eigenvalue weighted by Crippen LogP contribution is 2.48. The first-order valence-corrected chi connectivity index (χ1v) is 9.86. The Balaban J connectivity index is 1.43. The van der Waals surface area contributed by atoms with Crippen molar-refractivity contribution >= 4 is 27.7 Å². The Hall–Kier alpha value is -1.40. The van der Waals surface area contributed by atoms with Gasteiger partial charge in [0.2, 0.25) is 11.8 Å². The van der Waals surface area contributed by atoms with E-state index in [1.807, 2.05) is 24.3 Å². The van der Waals surface area contributed by atoms with Crippen LogP contribution in [0.15, 0.2) is 28.7 Å². The van der Waals surface area contributed by atoms with Crippen LogP contribution < -0.4 is 11.1 Å². The van der Waals surface area contributed by atoms with Gasteiger partial charge < -0.3 is 16.0 Å². The molecule has 1 saturated heterocycles. The number of likely N-dealkylation sites (tertiary alicyclic amines) is 1. The molecule has 5 nitrogen and oxygen atoms in total. The topological polar surface area (TPSA) is 75.4 Å². The third kappa shape index (κ3) is 4.42. The second kappa shape index (κ2) is 7.87. The minimum absolute atomic E-state index is 0.0189. The maximum Gasteiger partial charge on any atom is 0.230 e. The van der Waals surface area contributed by atoms with Crippen LogP contribution in [0.25, 0.3) is 0 Å². The monoisotopic (exact) mass is 407 g/mol.